The Bertz CT molecular complexity index is 720. The summed E-state index contributed by atoms with van der Waals surface area (Å²) in [5.74, 6) is -1.98. The Labute approximate surface area is 138 Å². The highest BCUT2D eigenvalue weighted by atomic mass is 35.5. The molecule has 2 aromatic rings. The molecule has 6 heteroatoms. The third kappa shape index (κ3) is 4.29. The number of carbonyl (C=O) groups is 2. The zero-order valence-corrected chi connectivity index (χ0v) is 13.1. The first-order chi connectivity index (χ1) is 11.0. The molecular formula is C17H15ClFNO3. The van der Waals surface area contributed by atoms with E-state index < -0.39 is 23.7 Å². The van der Waals surface area contributed by atoms with E-state index in [4.69, 9.17) is 16.3 Å². The molecule has 0 heterocycles. The standard InChI is InChI=1S/C17H15ClFNO3/c1-23-17(22)15(10-11-6-2-4-8-13(11)18)20-16(21)12-7-3-5-9-14(12)19/h2-9,15H,10H2,1H3,(H,20,21)/t15-/m1/s1. The number of carbonyl (C=O) groups excluding carboxylic acids is 2. The Balaban J connectivity index is 2.20. The van der Waals surface area contributed by atoms with Gasteiger partial charge in [0.2, 0.25) is 0 Å². The van der Waals surface area contributed by atoms with Gasteiger partial charge < -0.3 is 10.1 Å². The molecule has 1 N–H and O–H groups in total. The second-order valence-corrected chi connectivity index (χ2v) is 5.23. The second kappa shape index (κ2) is 7.74. The van der Waals surface area contributed by atoms with Crippen LogP contribution >= 0.6 is 11.6 Å². The number of amides is 1. The molecule has 4 nitrogen and oxygen atoms in total. The average Bonchev–Trinajstić information content (AvgIpc) is 2.55. The van der Waals surface area contributed by atoms with E-state index in [1.807, 2.05) is 0 Å². The third-order valence-corrected chi connectivity index (χ3v) is 3.66. The van der Waals surface area contributed by atoms with Crippen molar-refractivity contribution in [2.45, 2.75) is 12.5 Å². The van der Waals surface area contributed by atoms with E-state index in [1.54, 1.807) is 30.3 Å². The first-order valence-corrected chi connectivity index (χ1v) is 7.27. The Hall–Kier alpha value is -2.40. The molecule has 0 bridgehead atoms. The van der Waals surface area contributed by atoms with Gasteiger partial charge in [0.25, 0.3) is 5.91 Å². The maximum absolute atomic E-state index is 13.7. The first-order valence-electron chi connectivity index (χ1n) is 6.89. The van der Waals surface area contributed by atoms with Crippen LogP contribution in [0.25, 0.3) is 0 Å². The zero-order valence-electron chi connectivity index (χ0n) is 12.4. The minimum Gasteiger partial charge on any atom is -0.467 e. The lowest BCUT2D eigenvalue weighted by Gasteiger charge is -2.17. The number of esters is 1. The largest absolute Gasteiger partial charge is 0.467 e. The molecule has 1 atom stereocenters. The van der Waals surface area contributed by atoms with Crippen molar-refractivity contribution in [2.75, 3.05) is 7.11 Å². The molecule has 1 amide bonds. The predicted octanol–water partition coefficient (Wildman–Crippen LogP) is 2.99. The normalized spacial score (nSPS) is 11.6. The second-order valence-electron chi connectivity index (χ2n) is 4.82. The van der Waals surface area contributed by atoms with E-state index in [0.29, 0.717) is 10.6 Å². The van der Waals surface area contributed by atoms with Crippen LogP contribution in [-0.4, -0.2) is 25.0 Å². The SMILES string of the molecule is COC(=O)[C@@H](Cc1ccccc1Cl)NC(=O)c1ccccc1F. The summed E-state index contributed by atoms with van der Waals surface area (Å²) in [7, 11) is 1.22. The maximum Gasteiger partial charge on any atom is 0.328 e. The van der Waals surface area contributed by atoms with E-state index in [1.165, 1.54) is 25.3 Å². The Morgan fingerprint density at radius 3 is 2.48 bits per heavy atom. The third-order valence-electron chi connectivity index (χ3n) is 3.29. The quantitative estimate of drug-likeness (QED) is 0.855. The Kier molecular flexibility index (Phi) is 5.71. The van der Waals surface area contributed by atoms with Crippen LogP contribution in [0.2, 0.25) is 5.02 Å². The molecule has 120 valence electrons. The van der Waals surface area contributed by atoms with E-state index in [0.717, 1.165) is 0 Å². The number of benzene rings is 2. The van der Waals surface area contributed by atoms with Crippen molar-refractivity contribution in [3.8, 4) is 0 Å². The molecule has 0 aliphatic carbocycles. The van der Waals surface area contributed by atoms with Gasteiger partial charge in [-0.05, 0) is 23.8 Å². The number of nitrogens with one attached hydrogen (secondary N) is 1. The molecule has 0 spiro atoms. The number of hydrogen-bond donors (Lipinski definition) is 1. The predicted molar refractivity (Wildman–Crippen MR) is 84.8 cm³/mol. The van der Waals surface area contributed by atoms with E-state index in [-0.39, 0.29) is 12.0 Å². The fourth-order valence-corrected chi connectivity index (χ4v) is 2.31. The van der Waals surface area contributed by atoms with Crippen LogP contribution < -0.4 is 5.32 Å². The molecule has 0 aliphatic rings. The van der Waals surface area contributed by atoms with Crippen molar-refractivity contribution in [1.29, 1.82) is 0 Å². The number of methoxy groups -OCH3 is 1. The molecule has 0 aliphatic heterocycles. The lowest BCUT2D eigenvalue weighted by atomic mass is 10.1. The highest BCUT2D eigenvalue weighted by molar-refractivity contribution is 6.31. The van der Waals surface area contributed by atoms with Crippen LogP contribution in [0, 0.1) is 5.82 Å². The molecule has 0 saturated carbocycles. The van der Waals surface area contributed by atoms with Crippen LogP contribution in [0.1, 0.15) is 15.9 Å². The summed E-state index contributed by atoms with van der Waals surface area (Å²) in [4.78, 5) is 24.1. The molecule has 0 radical (unpaired) electrons. The van der Waals surface area contributed by atoms with Crippen molar-refractivity contribution >= 4 is 23.5 Å². The van der Waals surface area contributed by atoms with Gasteiger partial charge in [-0.15, -0.1) is 0 Å². The Morgan fingerprint density at radius 1 is 1.17 bits per heavy atom. The summed E-state index contributed by atoms with van der Waals surface area (Å²) >= 11 is 6.07. The van der Waals surface area contributed by atoms with Crippen LogP contribution in [0.4, 0.5) is 4.39 Å². The zero-order chi connectivity index (χ0) is 16.8. The first kappa shape index (κ1) is 17.0. The van der Waals surface area contributed by atoms with Gasteiger partial charge in [-0.3, -0.25) is 4.79 Å². The molecule has 2 aromatic carbocycles. The number of ether oxygens (including phenoxy) is 1. The van der Waals surface area contributed by atoms with Gasteiger partial charge in [0, 0.05) is 11.4 Å². The van der Waals surface area contributed by atoms with Gasteiger partial charge in [0.1, 0.15) is 11.9 Å². The summed E-state index contributed by atoms with van der Waals surface area (Å²) in [6.07, 6.45) is 0.145. The summed E-state index contributed by atoms with van der Waals surface area (Å²) in [5, 5.41) is 2.96. The molecule has 23 heavy (non-hydrogen) atoms. The molecule has 0 fully saturated rings. The van der Waals surface area contributed by atoms with Crippen molar-refractivity contribution in [3.05, 3.63) is 70.5 Å². The van der Waals surface area contributed by atoms with E-state index in [2.05, 4.69) is 5.32 Å². The van der Waals surface area contributed by atoms with Crippen LogP contribution in [0.3, 0.4) is 0 Å². The summed E-state index contributed by atoms with van der Waals surface area (Å²) < 4.78 is 18.4. The number of halogens is 2. The van der Waals surface area contributed by atoms with Gasteiger partial charge in [-0.25, -0.2) is 9.18 Å². The molecule has 0 saturated heterocycles. The summed E-state index contributed by atoms with van der Waals surface area (Å²) in [5.41, 5.74) is 0.541. The van der Waals surface area contributed by atoms with Gasteiger partial charge in [-0.1, -0.05) is 41.9 Å². The monoisotopic (exact) mass is 335 g/mol. The van der Waals surface area contributed by atoms with Crippen LogP contribution in [0.15, 0.2) is 48.5 Å². The van der Waals surface area contributed by atoms with Crippen molar-refractivity contribution in [3.63, 3.8) is 0 Å². The molecule has 2 rings (SSSR count). The fraction of sp³-hybridized carbons (Fsp3) is 0.176. The topological polar surface area (TPSA) is 55.4 Å². The Morgan fingerprint density at radius 2 is 1.83 bits per heavy atom. The molecule has 0 aromatic heterocycles. The molecule has 0 unspecified atom stereocenters. The van der Waals surface area contributed by atoms with E-state index >= 15 is 0 Å². The smallest absolute Gasteiger partial charge is 0.328 e. The van der Waals surface area contributed by atoms with Crippen LogP contribution in [0.5, 0.6) is 0 Å². The van der Waals surface area contributed by atoms with Gasteiger partial charge in [0.15, 0.2) is 0 Å². The maximum atomic E-state index is 13.7. The number of hydrogen-bond acceptors (Lipinski definition) is 3. The summed E-state index contributed by atoms with van der Waals surface area (Å²) in [6.45, 7) is 0. The number of rotatable bonds is 5. The van der Waals surface area contributed by atoms with Gasteiger partial charge in [0.05, 0.1) is 12.7 Å². The van der Waals surface area contributed by atoms with Gasteiger partial charge >= 0.3 is 5.97 Å². The lowest BCUT2D eigenvalue weighted by molar-refractivity contribution is -0.142. The fourth-order valence-electron chi connectivity index (χ4n) is 2.10. The highest BCUT2D eigenvalue weighted by Gasteiger charge is 2.24. The van der Waals surface area contributed by atoms with Crippen molar-refractivity contribution in [1.82, 2.24) is 5.32 Å². The van der Waals surface area contributed by atoms with E-state index in [9.17, 15) is 14.0 Å². The molecular weight excluding hydrogens is 321 g/mol. The minimum atomic E-state index is -0.966. The highest BCUT2D eigenvalue weighted by Crippen LogP contribution is 2.17. The van der Waals surface area contributed by atoms with Gasteiger partial charge in [-0.2, -0.15) is 0 Å². The summed E-state index contributed by atoms with van der Waals surface area (Å²) in [6, 6.07) is 11.5. The van der Waals surface area contributed by atoms with Crippen molar-refractivity contribution in [2.24, 2.45) is 0 Å². The van der Waals surface area contributed by atoms with Crippen LogP contribution in [-0.2, 0) is 16.0 Å². The van der Waals surface area contributed by atoms with Crippen molar-refractivity contribution < 1.29 is 18.7 Å². The average molecular weight is 336 g/mol. The lowest BCUT2D eigenvalue weighted by Crippen LogP contribution is -2.43. The minimum absolute atomic E-state index is 0.138.